The van der Waals surface area contributed by atoms with Gasteiger partial charge in [-0.1, -0.05) is 38.7 Å². The van der Waals surface area contributed by atoms with E-state index in [0.717, 1.165) is 14.9 Å². The van der Waals surface area contributed by atoms with Crippen LogP contribution in [-0.4, -0.2) is 22.4 Å². The van der Waals surface area contributed by atoms with E-state index in [4.69, 9.17) is 16.0 Å². The lowest BCUT2D eigenvalue weighted by molar-refractivity contribution is 0.102. The highest BCUT2D eigenvalue weighted by Gasteiger charge is 2.15. The second-order valence-corrected chi connectivity index (χ2v) is 6.93. The summed E-state index contributed by atoms with van der Waals surface area (Å²) in [5, 5.41) is 10.7. The molecule has 0 aliphatic rings. The van der Waals surface area contributed by atoms with E-state index in [1.54, 1.807) is 30.0 Å². The Morgan fingerprint density at radius 1 is 1.25 bits per heavy atom. The summed E-state index contributed by atoms with van der Waals surface area (Å²) < 4.78 is 6.26. The number of anilines is 1. The summed E-state index contributed by atoms with van der Waals surface area (Å²) in [4.78, 5) is 13.4. The topological polar surface area (TPSA) is 68.0 Å². The molecule has 122 valence electrons. The Hall–Kier alpha value is -1.83. The first-order valence-corrected chi connectivity index (χ1v) is 9.21. The van der Waals surface area contributed by atoms with Crippen molar-refractivity contribution in [1.29, 1.82) is 0 Å². The highest BCUT2D eigenvalue weighted by atomic mass is 79.9. The Labute approximate surface area is 155 Å². The molecule has 24 heavy (non-hydrogen) atoms. The van der Waals surface area contributed by atoms with Crippen LogP contribution in [0.4, 0.5) is 6.01 Å². The predicted octanol–water partition coefficient (Wildman–Crippen LogP) is 5.13. The lowest BCUT2D eigenvalue weighted by atomic mass is 10.2. The minimum absolute atomic E-state index is 0.0144. The maximum absolute atomic E-state index is 12.3. The standard InChI is InChI=1S/C16H11BrClN3O2S/c1-24-11-4-2-3-9(7-11)15-20-21-16(23-15)19-14(22)12-8-10(17)5-6-13(12)18/h2-8H,1H3,(H,19,21,22). The molecule has 1 aromatic heterocycles. The third-order valence-corrected chi connectivity index (χ3v) is 4.68. The van der Waals surface area contributed by atoms with Crippen LogP contribution in [0.5, 0.6) is 0 Å². The van der Waals surface area contributed by atoms with Gasteiger partial charge in [0.05, 0.1) is 10.6 Å². The molecule has 0 unspecified atom stereocenters. The van der Waals surface area contributed by atoms with E-state index in [2.05, 4.69) is 31.4 Å². The average molecular weight is 425 g/mol. The molecule has 0 aliphatic heterocycles. The SMILES string of the molecule is CSc1cccc(-c2nnc(NC(=O)c3cc(Br)ccc3Cl)o2)c1. The zero-order chi connectivity index (χ0) is 17.1. The summed E-state index contributed by atoms with van der Waals surface area (Å²) in [6.07, 6.45) is 1.99. The summed E-state index contributed by atoms with van der Waals surface area (Å²) in [5.74, 6) is -0.0871. The van der Waals surface area contributed by atoms with Gasteiger partial charge < -0.3 is 4.42 Å². The van der Waals surface area contributed by atoms with Crippen molar-refractivity contribution >= 4 is 51.2 Å². The molecule has 8 heteroatoms. The van der Waals surface area contributed by atoms with Crippen LogP contribution in [0.3, 0.4) is 0 Å². The summed E-state index contributed by atoms with van der Waals surface area (Å²) in [6, 6.07) is 12.7. The number of carbonyl (C=O) groups excluding carboxylic acids is 1. The number of benzene rings is 2. The quantitative estimate of drug-likeness (QED) is 0.588. The number of halogens is 2. The third-order valence-electron chi connectivity index (χ3n) is 3.14. The molecular weight excluding hydrogens is 414 g/mol. The van der Waals surface area contributed by atoms with Crippen LogP contribution in [0.15, 0.2) is 56.2 Å². The lowest BCUT2D eigenvalue weighted by Crippen LogP contribution is -2.12. The molecule has 3 rings (SSSR count). The Kier molecular flexibility index (Phi) is 5.23. The van der Waals surface area contributed by atoms with Gasteiger partial charge in [0.2, 0.25) is 5.89 Å². The molecule has 0 radical (unpaired) electrons. The number of hydrogen-bond acceptors (Lipinski definition) is 5. The highest BCUT2D eigenvalue weighted by Crippen LogP contribution is 2.25. The van der Waals surface area contributed by atoms with Crippen LogP contribution in [0.1, 0.15) is 10.4 Å². The molecule has 1 heterocycles. The summed E-state index contributed by atoms with van der Waals surface area (Å²) in [7, 11) is 0. The lowest BCUT2D eigenvalue weighted by Gasteiger charge is -2.03. The van der Waals surface area contributed by atoms with E-state index in [1.807, 2.05) is 30.5 Å². The maximum Gasteiger partial charge on any atom is 0.322 e. The Morgan fingerprint density at radius 3 is 2.88 bits per heavy atom. The van der Waals surface area contributed by atoms with Gasteiger partial charge in [-0.15, -0.1) is 16.9 Å². The molecule has 0 fully saturated rings. The van der Waals surface area contributed by atoms with E-state index in [1.165, 1.54) is 0 Å². The largest absolute Gasteiger partial charge is 0.403 e. The molecular formula is C16H11BrClN3O2S. The molecule has 3 aromatic rings. The average Bonchev–Trinajstić information content (AvgIpc) is 3.05. The first kappa shape index (κ1) is 17.0. The van der Waals surface area contributed by atoms with Crippen molar-refractivity contribution in [3.05, 3.63) is 57.5 Å². The molecule has 1 amide bonds. The van der Waals surface area contributed by atoms with Gasteiger partial charge in [-0.2, -0.15) is 0 Å². The second kappa shape index (κ2) is 7.38. The molecule has 0 saturated carbocycles. The van der Waals surface area contributed by atoms with Crippen molar-refractivity contribution in [2.75, 3.05) is 11.6 Å². The Bertz CT molecular complexity index is 901. The van der Waals surface area contributed by atoms with E-state index < -0.39 is 5.91 Å². The number of amides is 1. The molecule has 0 spiro atoms. The highest BCUT2D eigenvalue weighted by molar-refractivity contribution is 9.10. The summed E-state index contributed by atoms with van der Waals surface area (Å²) >= 11 is 11.0. The maximum atomic E-state index is 12.3. The second-order valence-electron chi connectivity index (χ2n) is 4.72. The van der Waals surface area contributed by atoms with Gasteiger partial charge in [-0.25, -0.2) is 0 Å². The van der Waals surface area contributed by atoms with Gasteiger partial charge in [-0.05, 0) is 42.7 Å². The molecule has 0 bridgehead atoms. The van der Waals surface area contributed by atoms with Crippen LogP contribution < -0.4 is 5.32 Å². The fourth-order valence-electron chi connectivity index (χ4n) is 1.98. The van der Waals surface area contributed by atoms with Crippen LogP contribution in [0, 0.1) is 0 Å². The number of nitrogens with one attached hydrogen (secondary N) is 1. The monoisotopic (exact) mass is 423 g/mol. The van der Waals surface area contributed by atoms with Gasteiger partial charge in [0.1, 0.15) is 0 Å². The summed E-state index contributed by atoms with van der Waals surface area (Å²) in [6.45, 7) is 0. The molecule has 0 atom stereocenters. The smallest absolute Gasteiger partial charge is 0.322 e. The number of carbonyl (C=O) groups is 1. The first-order chi connectivity index (χ1) is 11.6. The van der Waals surface area contributed by atoms with Crippen molar-refractivity contribution in [2.45, 2.75) is 4.90 Å². The molecule has 5 nitrogen and oxygen atoms in total. The van der Waals surface area contributed by atoms with Crippen molar-refractivity contribution < 1.29 is 9.21 Å². The first-order valence-electron chi connectivity index (χ1n) is 6.81. The fraction of sp³-hybridized carbons (Fsp3) is 0.0625. The van der Waals surface area contributed by atoms with Crippen LogP contribution in [0.25, 0.3) is 11.5 Å². The minimum atomic E-state index is -0.422. The summed E-state index contributed by atoms with van der Waals surface area (Å²) in [5.41, 5.74) is 1.10. The minimum Gasteiger partial charge on any atom is -0.403 e. The molecule has 0 aliphatic carbocycles. The third kappa shape index (κ3) is 3.80. The zero-order valence-corrected chi connectivity index (χ0v) is 15.6. The number of rotatable bonds is 4. The van der Waals surface area contributed by atoms with Gasteiger partial charge in [0.25, 0.3) is 5.91 Å². The van der Waals surface area contributed by atoms with Crippen molar-refractivity contribution in [1.82, 2.24) is 10.2 Å². The van der Waals surface area contributed by atoms with E-state index >= 15 is 0 Å². The van der Waals surface area contributed by atoms with Crippen molar-refractivity contribution in [2.24, 2.45) is 0 Å². The fourth-order valence-corrected chi connectivity index (χ4v) is 3.01. The Balaban J connectivity index is 1.81. The Morgan fingerprint density at radius 2 is 2.08 bits per heavy atom. The molecule has 1 N–H and O–H groups in total. The number of nitrogens with zero attached hydrogens (tertiary/aromatic N) is 2. The van der Waals surface area contributed by atoms with E-state index in [9.17, 15) is 4.79 Å². The van der Waals surface area contributed by atoms with Gasteiger partial charge in [0, 0.05) is 14.9 Å². The van der Waals surface area contributed by atoms with Crippen molar-refractivity contribution in [3.8, 4) is 11.5 Å². The van der Waals surface area contributed by atoms with E-state index in [-0.39, 0.29) is 6.01 Å². The van der Waals surface area contributed by atoms with Gasteiger partial charge >= 0.3 is 6.01 Å². The molecule has 2 aromatic carbocycles. The van der Waals surface area contributed by atoms with Crippen LogP contribution in [-0.2, 0) is 0 Å². The molecule has 0 saturated heterocycles. The zero-order valence-electron chi connectivity index (χ0n) is 12.4. The number of hydrogen-bond donors (Lipinski definition) is 1. The van der Waals surface area contributed by atoms with Crippen LogP contribution in [0.2, 0.25) is 5.02 Å². The number of aromatic nitrogens is 2. The van der Waals surface area contributed by atoms with Crippen molar-refractivity contribution in [3.63, 3.8) is 0 Å². The predicted molar refractivity (Wildman–Crippen MR) is 98.6 cm³/mol. The van der Waals surface area contributed by atoms with Gasteiger partial charge in [-0.3, -0.25) is 10.1 Å². The van der Waals surface area contributed by atoms with Crippen LogP contribution >= 0.6 is 39.3 Å². The number of thioether (sulfide) groups is 1. The van der Waals surface area contributed by atoms with E-state index in [0.29, 0.717) is 16.5 Å². The van der Waals surface area contributed by atoms with Gasteiger partial charge in [0.15, 0.2) is 0 Å². The normalized spacial score (nSPS) is 10.6.